The highest BCUT2D eigenvalue weighted by Crippen LogP contribution is 2.36. The molecular weight excluding hydrogens is 362 g/mol. The fourth-order valence-corrected chi connectivity index (χ4v) is 5.36. The molecule has 0 radical (unpaired) electrons. The van der Waals surface area contributed by atoms with E-state index in [9.17, 15) is 13.6 Å². The minimum absolute atomic E-state index is 0.0342. The van der Waals surface area contributed by atoms with E-state index in [2.05, 4.69) is 10.4 Å². The Hall–Kier alpha value is -1.66. The monoisotopic (exact) mass is 394 g/mol. The van der Waals surface area contributed by atoms with E-state index in [-0.39, 0.29) is 17.9 Å². The van der Waals surface area contributed by atoms with Crippen molar-refractivity contribution in [3.05, 3.63) is 11.8 Å². The van der Waals surface area contributed by atoms with Crippen molar-refractivity contribution >= 4 is 11.7 Å². The number of piperidine rings is 1. The van der Waals surface area contributed by atoms with Gasteiger partial charge in [-0.05, 0) is 44.4 Å². The summed E-state index contributed by atoms with van der Waals surface area (Å²) in [5.74, 6) is 1.87. The van der Waals surface area contributed by atoms with Gasteiger partial charge in [0.25, 0.3) is 6.43 Å². The average molecular weight is 395 g/mol. The smallest absolute Gasteiger partial charge is 0.260 e. The highest BCUT2D eigenvalue weighted by molar-refractivity contribution is 5.76. The predicted octanol–water partition coefficient (Wildman–Crippen LogP) is 4.39. The molecule has 1 unspecified atom stereocenters. The fraction of sp³-hybridized carbons (Fsp3) is 0.810. The Bertz CT molecular complexity index is 686. The zero-order valence-electron chi connectivity index (χ0n) is 16.7. The third-order valence-electron chi connectivity index (χ3n) is 6.91. The summed E-state index contributed by atoms with van der Waals surface area (Å²) in [6.45, 7) is 3.32. The Balaban J connectivity index is 1.38. The Kier molecular flexibility index (Phi) is 5.88. The molecule has 1 aromatic rings. The molecule has 0 bridgehead atoms. The van der Waals surface area contributed by atoms with E-state index in [0.29, 0.717) is 25.2 Å². The molecule has 7 heteroatoms. The molecule has 156 valence electrons. The van der Waals surface area contributed by atoms with Crippen LogP contribution >= 0.6 is 0 Å². The maximum atomic E-state index is 13.6. The molecule has 1 aliphatic carbocycles. The summed E-state index contributed by atoms with van der Waals surface area (Å²) in [5, 5.41) is 7.69. The van der Waals surface area contributed by atoms with E-state index in [1.807, 2.05) is 17.9 Å². The van der Waals surface area contributed by atoms with Crippen molar-refractivity contribution in [3.63, 3.8) is 0 Å². The first-order chi connectivity index (χ1) is 13.5. The lowest BCUT2D eigenvalue weighted by atomic mass is 9.85. The second kappa shape index (κ2) is 8.37. The van der Waals surface area contributed by atoms with Crippen LogP contribution in [0.3, 0.4) is 0 Å². The lowest BCUT2D eigenvalue weighted by molar-refractivity contribution is -0.133. The van der Waals surface area contributed by atoms with Crippen molar-refractivity contribution in [1.29, 1.82) is 0 Å². The van der Waals surface area contributed by atoms with Crippen molar-refractivity contribution in [2.75, 3.05) is 18.4 Å². The summed E-state index contributed by atoms with van der Waals surface area (Å²) in [4.78, 5) is 14.7. The van der Waals surface area contributed by atoms with Crippen molar-refractivity contribution < 1.29 is 13.6 Å². The second-order valence-electron chi connectivity index (χ2n) is 8.94. The number of hydrogen-bond acceptors (Lipinski definition) is 3. The molecule has 2 aliphatic heterocycles. The molecule has 1 aromatic heterocycles. The van der Waals surface area contributed by atoms with Crippen LogP contribution in [0.5, 0.6) is 0 Å². The van der Waals surface area contributed by atoms with E-state index < -0.39 is 12.5 Å². The number of halogens is 2. The molecule has 3 aliphatic rings. The molecule has 28 heavy (non-hydrogen) atoms. The molecule has 1 N–H and O–H groups in total. The maximum Gasteiger partial charge on any atom is 0.260 e. The Morgan fingerprint density at radius 2 is 2.07 bits per heavy atom. The number of likely N-dealkylation sites (tertiary alicyclic amines) is 1. The molecule has 1 amide bonds. The number of rotatable bonds is 5. The first kappa shape index (κ1) is 19.6. The lowest BCUT2D eigenvalue weighted by Crippen LogP contribution is -2.48. The van der Waals surface area contributed by atoms with Crippen LogP contribution in [0.15, 0.2) is 6.07 Å². The van der Waals surface area contributed by atoms with Gasteiger partial charge < -0.3 is 10.2 Å². The van der Waals surface area contributed by atoms with Gasteiger partial charge in [0.2, 0.25) is 5.91 Å². The van der Waals surface area contributed by atoms with E-state index in [0.717, 1.165) is 37.4 Å². The largest absolute Gasteiger partial charge is 0.367 e. The highest BCUT2D eigenvalue weighted by Gasteiger charge is 2.38. The first-order valence-electron chi connectivity index (χ1n) is 10.9. The van der Waals surface area contributed by atoms with Crippen LogP contribution in [0.1, 0.15) is 69.5 Å². The van der Waals surface area contributed by atoms with Gasteiger partial charge in [-0.15, -0.1) is 0 Å². The first-order valence-corrected chi connectivity index (χ1v) is 10.9. The van der Waals surface area contributed by atoms with Crippen LogP contribution in [0.25, 0.3) is 0 Å². The van der Waals surface area contributed by atoms with Crippen molar-refractivity contribution in [3.8, 4) is 0 Å². The van der Waals surface area contributed by atoms with Gasteiger partial charge in [-0.3, -0.25) is 4.79 Å². The molecule has 4 rings (SSSR count). The highest BCUT2D eigenvalue weighted by atomic mass is 19.3. The molecule has 0 spiro atoms. The van der Waals surface area contributed by atoms with E-state index in [1.54, 1.807) is 0 Å². The standard InChI is InChI=1S/C21H32F2N4O/c1-14-11-19-24-17(12-18(21(22)23)27(19)25-14)16-7-4-10-26(13-16)20(28)9-8-15-5-2-3-6-15/h11,15-18,21,24H,2-10,12-13H2,1H3/t16?,17-,18+/m0/s1. The average Bonchev–Trinajstić information content (AvgIpc) is 3.33. The van der Waals surface area contributed by atoms with Gasteiger partial charge in [-0.25, -0.2) is 13.5 Å². The summed E-state index contributed by atoms with van der Waals surface area (Å²) in [6.07, 6.45) is 6.65. The van der Waals surface area contributed by atoms with Crippen molar-refractivity contribution in [2.45, 2.75) is 83.2 Å². The van der Waals surface area contributed by atoms with Crippen LogP contribution in [0.2, 0.25) is 0 Å². The summed E-state index contributed by atoms with van der Waals surface area (Å²) in [6, 6.07) is 0.922. The number of aromatic nitrogens is 2. The number of alkyl halides is 2. The van der Waals surface area contributed by atoms with E-state index in [4.69, 9.17) is 0 Å². The maximum absolute atomic E-state index is 13.6. The quantitative estimate of drug-likeness (QED) is 0.806. The molecular formula is C21H32F2N4O. The fourth-order valence-electron chi connectivity index (χ4n) is 5.36. The normalized spacial score (nSPS) is 28.4. The second-order valence-corrected chi connectivity index (χ2v) is 8.94. The molecule has 3 heterocycles. The molecule has 5 nitrogen and oxygen atoms in total. The number of nitrogens with zero attached hydrogens (tertiary/aromatic N) is 3. The minimum atomic E-state index is -2.43. The van der Waals surface area contributed by atoms with Crippen LogP contribution in [-0.2, 0) is 4.79 Å². The minimum Gasteiger partial charge on any atom is -0.367 e. The number of hydrogen-bond donors (Lipinski definition) is 1. The summed E-state index contributed by atoms with van der Waals surface area (Å²) < 4.78 is 28.7. The third kappa shape index (κ3) is 4.18. The van der Waals surface area contributed by atoms with Crippen LogP contribution in [0.4, 0.5) is 14.6 Å². The number of anilines is 1. The topological polar surface area (TPSA) is 50.2 Å². The molecule has 0 aromatic carbocycles. The summed E-state index contributed by atoms with van der Waals surface area (Å²) >= 11 is 0. The van der Waals surface area contributed by atoms with E-state index in [1.165, 1.54) is 30.4 Å². The third-order valence-corrected chi connectivity index (χ3v) is 6.91. The zero-order chi connectivity index (χ0) is 19.7. The number of amides is 1. The van der Waals surface area contributed by atoms with Crippen LogP contribution < -0.4 is 5.32 Å². The summed E-state index contributed by atoms with van der Waals surface area (Å²) in [5.41, 5.74) is 0.751. The molecule has 1 saturated heterocycles. The number of fused-ring (bicyclic) bond motifs is 1. The number of carbonyl (C=O) groups excluding carboxylic acids is 1. The predicted molar refractivity (Wildman–Crippen MR) is 105 cm³/mol. The number of aryl methyl sites for hydroxylation is 1. The molecule has 3 atom stereocenters. The molecule has 2 fully saturated rings. The lowest BCUT2D eigenvalue weighted by Gasteiger charge is -2.41. The van der Waals surface area contributed by atoms with Crippen molar-refractivity contribution in [1.82, 2.24) is 14.7 Å². The van der Waals surface area contributed by atoms with E-state index >= 15 is 0 Å². The van der Waals surface area contributed by atoms with Gasteiger partial charge in [0.05, 0.1) is 5.69 Å². The molecule has 1 saturated carbocycles. The SMILES string of the molecule is Cc1cc2n(n1)[C@@H](C(F)F)C[C@@H](C1CCCN(C(=O)CCC3CCCC3)C1)N2. The zero-order valence-corrected chi connectivity index (χ0v) is 16.7. The van der Waals surface area contributed by atoms with Gasteiger partial charge in [0, 0.05) is 31.6 Å². The Labute approximate surface area is 165 Å². The Morgan fingerprint density at radius 3 is 2.82 bits per heavy atom. The van der Waals surface area contributed by atoms with Gasteiger partial charge in [0.15, 0.2) is 0 Å². The number of nitrogens with one attached hydrogen (secondary N) is 1. The Morgan fingerprint density at radius 1 is 1.29 bits per heavy atom. The van der Waals surface area contributed by atoms with Gasteiger partial charge in [-0.2, -0.15) is 5.10 Å². The van der Waals surface area contributed by atoms with Gasteiger partial charge >= 0.3 is 0 Å². The number of carbonyl (C=O) groups is 1. The summed E-state index contributed by atoms with van der Waals surface area (Å²) in [7, 11) is 0. The van der Waals surface area contributed by atoms with Crippen LogP contribution in [-0.4, -0.2) is 46.1 Å². The van der Waals surface area contributed by atoms with Gasteiger partial charge in [0.1, 0.15) is 11.9 Å². The van der Waals surface area contributed by atoms with Gasteiger partial charge in [-0.1, -0.05) is 25.7 Å². The van der Waals surface area contributed by atoms with Crippen LogP contribution in [0, 0.1) is 18.8 Å². The van der Waals surface area contributed by atoms with Crippen molar-refractivity contribution in [2.24, 2.45) is 11.8 Å².